The van der Waals surface area contributed by atoms with Crippen LogP contribution in [-0.2, 0) is 4.79 Å². The Morgan fingerprint density at radius 1 is 1.28 bits per heavy atom. The highest BCUT2D eigenvalue weighted by molar-refractivity contribution is 7.22. The molecule has 3 aromatic rings. The Morgan fingerprint density at radius 2 is 2.00 bits per heavy atom. The van der Waals surface area contributed by atoms with Crippen LogP contribution in [0.1, 0.15) is 11.1 Å². The molecule has 0 aliphatic rings. The highest BCUT2D eigenvalue weighted by Crippen LogP contribution is 2.28. The number of fused-ring (bicyclic) bond motifs is 1. The number of nitrogen functional groups attached to an aromatic ring is 1. The summed E-state index contributed by atoms with van der Waals surface area (Å²) in [5.41, 5.74) is 5.84. The van der Waals surface area contributed by atoms with Crippen LogP contribution in [0.3, 0.4) is 0 Å². The van der Waals surface area contributed by atoms with Crippen LogP contribution in [-0.4, -0.2) is 17.5 Å². The summed E-state index contributed by atoms with van der Waals surface area (Å²) in [5.74, 6) is 5.73. The minimum Gasteiger partial charge on any atom is -0.484 e. The Bertz CT molecular complexity index is 919. The molecule has 0 unspecified atom stereocenters. The van der Waals surface area contributed by atoms with Gasteiger partial charge in [-0.25, -0.2) is 10.8 Å². The van der Waals surface area contributed by atoms with E-state index in [1.165, 1.54) is 11.3 Å². The number of hydrazine groups is 1. The number of thiazole rings is 1. The molecule has 0 atom stereocenters. The number of anilines is 2. The minimum absolute atomic E-state index is 0.0865. The fourth-order valence-electron chi connectivity index (χ4n) is 2.40. The molecule has 0 saturated heterocycles. The Kier molecular flexibility index (Phi) is 5.08. The molecular formula is C17H17ClN4O2S. The van der Waals surface area contributed by atoms with E-state index in [0.29, 0.717) is 21.6 Å². The second-order valence-corrected chi connectivity index (χ2v) is 6.96. The van der Waals surface area contributed by atoms with Gasteiger partial charge in [-0.05, 0) is 55.3 Å². The van der Waals surface area contributed by atoms with E-state index >= 15 is 0 Å². The van der Waals surface area contributed by atoms with E-state index in [1.54, 1.807) is 6.07 Å². The lowest BCUT2D eigenvalue weighted by molar-refractivity contribution is -0.118. The number of rotatable bonds is 5. The number of carbonyl (C=O) groups is 1. The molecule has 0 aliphatic heterocycles. The van der Waals surface area contributed by atoms with Gasteiger partial charge >= 0.3 is 0 Å². The van der Waals surface area contributed by atoms with Gasteiger partial charge in [0, 0.05) is 10.7 Å². The van der Waals surface area contributed by atoms with Crippen molar-refractivity contribution in [3.63, 3.8) is 0 Å². The Labute approximate surface area is 153 Å². The van der Waals surface area contributed by atoms with Crippen molar-refractivity contribution in [2.24, 2.45) is 5.84 Å². The molecule has 0 aliphatic carbocycles. The molecule has 0 saturated carbocycles. The fourth-order valence-corrected chi connectivity index (χ4v) is 3.32. The molecule has 1 heterocycles. The predicted molar refractivity (Wildman–Crippen MR) is 102 cm³/mol. The second-order valence-electron chi connectivity index (χ2n) is 5.55. The molecule has 0 bridgehead atoms. The predicted octanol–water partition coefficient (Wildman–Crippen LogP) is 3.87. The average Bonchev–Trinajstić information content (AvgIpc) is 3.00. The van der Waals surface area contributed by atoms with Crippen LogP contribution in [0.2, 0.25) is 5.02 Å². The van der Waals surface area contributed by atoms with Crippen LogP contribution >= 0.6 is 22.9 Å². The van der Waals surface area contributed by atoms with Gasteiger partial charge in [-0.2, -0.15) is 0 Å². The smallest absolute Gasteiger partial charge is 0.262 e. The van der Waals surface area contributed by atoms with E-state index in [1.807, 2.05) is 38.1 Å². The maximum absolute atomic E-state index is 12.1. The molecule has 3 rings (SSSR count). The first kappa shape index (κ1) is 17.5. The van der Waals surface area contributed by atoms with Crippen molar-refractivity contribution in [1.82, 2.24) is 4.98 Å². The van der Waals surface area contributed by atoms with Gasteiger partial charge in [0.2, 0.25) is 0 Å². The van der Waals surface area contributed by atoms with E-state index in [9.17, 15) is 4.79 Å². The summed E-state index contributed by atoms with van der Waals surface area (Å²) in [6, 6.07) is 9.09. The molecule has 4 N–H and O–H groups in total. The number of carbonyl (C=O) groups excluding carboxylic acids is 1. The zero-order valence-electron chi connectivity index (χ0n) is 13.7. The zero-order valence-corrected chi connectivity index (χ0v) is 15.3. The number of aryl methyl sites for hydroxylation is 2. The van der Waals surface area contributed by atoms with Crippen molar-refractivity contribution >= 4 is 49.9 Å². The molecule has 0 radical (unpaired) electrons. The number of aromatic nitrogens is 1. The SMILES string of the molecule is Cc1cc(OCC(=O)Nc2ccc3nc(NN)sc3c2)cc(C)c1Cl. The highest BCUT2D eigenvalue weighted by Gasteiger charge is 2.09. The van der Waals surface area contributed by atoms with Crippen molar-refractivity contribution < 1.29 is 9.53 Å². The third-order valence-corrected chi connectivity index (χ3v) is 5.12. The normalized spacial score (nSPS) is 10.7. The molecule has 0 fully saturated rings. The molecular weight excluding hydrogens is 360 g/mol. The van der Waals surface area contributed by atoms with E-state index in [-0.39, 0.29) is 12.5 Å². The number of nitrogens with two attached hydrogens (primary N) is 1. The third-order valence-electron chi connectivity index (χ3n) is 3.58. The topological polar surface area (TPSA) is 89.3 Å². The van der Waals surface area contributed by atoms with Crippen molar-refractivity contribution in [3.05, 3.63) is 46.5 Å². The number of ether oxygens (including phenoxy) is 1. The Morgan fingerprint density at radius 3 is 2.68 bits per heavy atom. The summed E-state index contributed by atoms with van der Waals surface area (Å²) in [6.07, 6.45) is 0. The molecule has 1 aromatic heterocycles. The van der Waals surface area contributed by atoms with Gasteiger partial charge in [0.1, 0.15) is 5.75 Å². The summed E-state index contributed by atoms with van der Waals surface area (Å²) in [6.45, 7) is 3.71. The number of hydrogen-bond donors (Lipinski definition) is 3. The summed E-state index contributed by atoms with van der Waals surface area (Å²) < 4.78 is 6.49. The summed E-state index contributed by atoms with van der Waals surface area (Å²) in [5, 5.41) is 4.14. The van der Waals surface area contributed by atoms with Gasteiger partial charge < -0.3 is 10.1 Å². The van der Waals surface area contributed by atoms with Crippen LogP contribution in [0.5, 0.6) is 5.75 Å². The van der Waals surface area contributed by atoms with Crippen molar-refractivity contribution in [1.29, 1.82) is 0 Å². The molecule has 2 aromatic carbocycles. The summed E-state index contributed by atoms with van der Waals surface area (Å²) >= 11 is 7.54. The molecule has 25 heavy (non-hydrogen) atoms. The van der Waals surface area contributed by atoms with Gasteiger partial charge in [0.15, 0.2) is 11.7 Å². The van der Waals surface area contributed by atoms with Crippen LogP contribution in [0.25, 0.3) is 10.2 Å². The highest BCUT2D eigenvalue weighted by atomic mass is 35.5. The first-order valence-electron chi connectivity index (χ1n) is 7.53. The monoisotopic (exact) mass is 376 g/mol. The van der Waals surface area contributed by atoms with E-state index in [0.717, 1.165) is 21.3 Å². The van der Waals surface area contributed by atoms with Gasteiger partial charge in [-0.3, -0.25) is 10.2 Å². The Balaban J connectivity index is 1.64. The van der Waals surface area contributed by atoms with Crippen molar-refractivity contribution in [3.8, 4) is 5.75 Å². The largest absolute Gasteiger partial charge is 0.484 e. The zero-order chi connectivity index (χ0) is 18.0. The van der Waals surface area contributed by atoms with Gasteiger partial charge in [-0.15, -0.1) is 0 Å². The summed E-state index contributed by atoms with van der Waals surface area (Å²) in [7, 11) is 0. The van der Waals surface area contributed by atoms with E-state index in [2.05, 4.69) is 15.7 Å². The van der Waals surface area contributed by atoms with Gasteiger partial charge in [0.05, 0.1) is 10.2 Å². The Hall–Kier alpha value is -2.35. The fraction of sp³-hybridized carbons (Fsp3) is 0.176. The van der Waals surface area contributed by atoms with Crippen LogP contribution in [0.4, 0.5) is 10.8 Å². The molecule has 6 nitrogen and oxygen atoms in total. The standard InChI is InChI=1S/C17H17ClN4O2S/c1-9-5-12(6-10(2)16(9)18)24-8-15(23)20-11-3-4-13-14(7-11)25-17(21-13)22-19/h3-7H,8,19H2,1-2H3,(H,20,23)(H,21,22). The van der Waals surface area contributed by atoms with Crippen molar-refractivity contribution in [2.75, 3.05) is 17.3 Å². The number of nitrogens with zero attached hydrogens (tertiary/aromatic N) is 1. The average molecular weight is 377 g/mol. The lowest BCUT2D eigenvalue weighted by Crippen LogP contribution is -2.20. The maximum Gasteiger partial charge on any atom is 0.262 e. The second kappa shape index (κ2) is 7.26. The van der Waals surface area contributed by atoms with E-state index in [4.69, 9.17) is 22.2 Å². The first-order valence-corrected chi connectivity index (χ1v) is 8.72. The molecule has 8 heteroatoms. The number of amides is 1. The van der Waals surface area contributed by atoms with Crippen LogP contribution in [0.15, 0.2) is 30.3 Å². The number of nitrogens with one attached hydrogen (secondary N) is 2. The first-order chi connectivity index (χ1) is 12.0. The quantitative estimate of drug-likeness (QED) is 0.464. The summed E-state index contributed by atoms with van der Waals surface area (Å²) in [4.78, 5) is 16.4. The molecule has 1 amide bonds. The number of hydrogen-bond acceptors (Lipinski definition) is 6. The van der Waals surface area contributed by atoms with Crippen LogP contribution < -0.4 is 21.3 Å². The lowest BCUT2D eigenvalue weighted by Gasteiger charge is -2.10. The van der Waals surface area contributed by atoms with Gasteiger partial charge in [-0.1, -0.05) is 22.9 Å². The lowest BCUT2D eigenvalue weighted by atomic mass is 10.1. The number of benzene rings is 2. The van der Waals surface area contributed by atoms with Gasteiger partial charge in [0.25, 0.3) is 5.91 Å². The maximum atomic E-state index is 12.1. The van der Waals surface area contributed by atoms with Crippen molar-refractivity contribution in [2.45, 2.75) is 13.8 Å². The molecule has 0 spiro atoms. The third kappa shape index (κ3) is 4.01. The number of halogens is 1. The van der Waals surface area contributed by atoms with Crippen LogP contribution in [0, 0.1) is 13.8 Å². The minimum atomic E-state index is -0.244. The molecule has 130 valence electrons. The van der Waals surface area contributed by atoms with E-state index < -0.39 is 0 Å².